The van der Waals surface area contributed by atoms with Crippen molar-refractivity contribution < 1.29 is 4.79 Å². The molecule has 0 aliphatic heterocycles. The van der Waals surface area contributed by atoms with Crippen molar-refractivity contribution in [1.29, 1.82) is 0 Å². The average molecular weight is 522 g/mol. The van der Waals surface area contributed by atoms with Gasteiger partial charge in [-0.15, -0.1) is 35.3 Å². The summed E-state index contributed by atoms with van der Waals surface area (Å²) < 4.78 is 0. The van der Waals surface area contributed by atoms with E-state index < -0.39 is 0 Å². The average Bonchev–Trinajstić information content (AvgIpc) is 3.11. The summed E-state index contributed by atoms with van der Waals surface area (Å²) in [7, 11) is 1.72. The van der Waals surface area contributed by atoms with Gasteiger partial charge in [0.25, 0.3) is 0 Å². The molecule has 6 nitrogen and oxygen atoms in total. The van der Waals surface area contributed by atoms with Gasteiger partial charge in [-0.1, -0.05) is 18.5 Å². The number of nitrogens with zero attached hydrogens (tertiary/aromatic N) is 2. The fraction of sp³-hybridized carbons (Fsp3) is 0.389. The lowest BCUT2D eigenvalue weighted by Gasteiger charge is -2.11. The predicted molar refractivity (Wildman–Crippen MR) is 124 cm³/mol. The number of carbonyl (C=O) groups is 1. The zero-order valence-electron chi connectivity index (χ0n) is 15.4. The van der Waals surface area contributed by atoms with E-state index in [1.807, 2.05) is 6.20 Å². The molecule has 0 fully saturated rings. The number of aliphatic imine (C=N–C) groups is 1. The fourth-order valence-electron chi connectivity index (χ4n) is 2.19. The van der Waals surface area contributed by atoms with Gasteiger partial charge in [0, 0.05) is 41.8 Å². The summed E-state index contributed by atoms with van der Waals surface area (Å²) in [6.45, 7) is 3.42. The Hall–Kier alpha value is -1.39. The highest BCUT2D eigenvalue weighted by atomic mass is 127. The lowest BCUT2D eigenvalue weighted by Crippen LogP contribution is -2.37. The van der Waals surface area contributed by atoms with Gasteiger partial charge < -0.3 is 16.0 Å². The molecule has 2 aromatic rings. The number of carbonyl (C=O) groups excluding carboxylic acids is 1. The topological polar surface area (TPSA) is 78.4 Å². The summed E-state index contributed by atoms with van der Waals surface area (Å²) >= 11 is 7.53. The van der Waals surface area contributed by atoms with E-state index in [4.69, 9.17) is 11.6 Å². The second-order valence-corrected chi connectivity index (χ2v) is 7.22. The smallest absolute Gasteiger partial charge is 0.224 e. The van der Waals surface area contributed by atoms with Gasteiger partial charge in [0.2, 0.25) is 5.91 Å². The number of nitrogens with one attached hydrogen (secondary N) is 3. The number of thiazole rings is 1. The van der Waals surface area contributed by atoms with E-state index in [1.54, 1.807) is 42.6 Å². The molecule has 0 aliphatic rings. The highest BCUT2D eigenvalue weighted by molar-refractivity contribution is 14.0. The van der Waals surface area contributed by atoms with E-state index in [0.29, 0.717) is 36.9 Å². The summed E-state index contributed by atoms with van der Waals surface area (Å²) in [5, 5.41) is 11.0. The van der Waals surface area contributed by atoms with Crippen molar-refractivity contribution in [2.24, 2.45) is 4.99 Å². The van der Waals surface area contributed by atoms with Crippen LogP contribution in [0.3, 0.4) is 0 Å². The third-order valence-electron chi connectivity index (χ3n) is 3.58. The molecule has 0 saturated carbocycles. The molecule has 1 aromatic carbocycles. The number of benzene rings is 1. The van der Waals surface area contributed by atoms with Crippen LogP contribution in [0.25, 0.3) is 0 Å². The highest BCUT2D eigenvalue weighted by Gasteiger charge is 2.05. The van der Waals surface area contributed by atoms with Crippen LogP contribution in [0.4, 0.5) is 5.69 Å². The van der Waals surface area contributed by atoms with Crippen LogP contribution in [-0.4, -0.2) is 30.4 Å². The van der Waals surface area contributed by atoms with Crippen LogP contribution in [0, 0.1) is 0 Å². The monoisotopic (exact) mass is 521 g/mol. The Morgan fingerprint density at radius 1 is 1.26 bits per heavy atom. The van der Waals surface area contributed by atoms with Gasteiger partial charge in [-0.05, 0) is 37.1 Å². The van der Waals surface area contributed by atoms with Crippen molar-refractivity contribution in [3.05, 3.63) is 45.4 Å². The molecular weight excluding hydrogens is 497 g/mol. The molecule has 1 amide bonds. The molecule has 27 heavy (non-hydrogen) atoms. The lowest BCUT2D eigenvalue weighted by atomic mass is 10.2. The number of amides is 1. The van der Waals surface area contributed by atoms with Crippen LogP contribution in [0.1, 0.15) is 29.7 Å². The predicted octanol–water partition coefficient (Wildman–Crippen LogP) is 4.06. The third-order valence-corrected chi connectivity index (χ3v) is 4.98. The number of rotatable bonds is 8. The minimum absolute atomic E-state index is 0. The van der Waals surface area contributed by atoms with Gasteiger partial charge >= 0.3 is 0 Å². The first kappa shape index (κ1) is 23.6. The maximum absolute atomic E-state index is 11.9. The standard InChI is InChI=1S/C18H24ClN5OS.HI/c1-3-15-11-22-17(26-15)12-23-18(20-2)21-10-4-5-16(25)24-14-8-6-13(19)7-9-14;/h6-9,11H,3-5,10,12H2,1-2H3,(H,24,25)(H2,20,21,23);1H. The lowest BCUT2D eigenvalue weighted by molar-refractivity contribution is -0.116. The summed E-state index contributed by atoms with van der Waals surface area (Å²) in [4.78, 5) is 21.8. The molecule has 0 bridgehead atoms. The minimum Gasteiger partial charge on any atom is -0.356 e. The summed E-state index contributed by atoms with van der Waals surface area (Å²) in [5.41, 5.74) is 0.750. The van der Waals surface area contributed by atoms with Crippen LogP contribution in [0.15, 0.2) is 35.5 Å². The molecule has 1 aromatic heterocycles. The zero-order valence-corrected chi connectivity index (χ0v) is 19.3. The maximum Gasteiger partial charge on any atom is 0.224 e. The van der Waals surface area contributed by atoms with E-state index in [0.717, 1.165) is 17.1 Å². The molecule has 9 heteroatoms. The number of hydrogen-bond donors (Lipinski definition) is 3. The van der Waals surface area contributed by atoms with Gasteiger partial charge in [-0.2, -0.15) is 0 Å². The quantitative estimate of drug-likeness (QED) is 0.212. The van der Waals surface area contributed by atoms with Gasteiger partial charge in [-0.25, -0.2) is 4.98 Å². The van der Waals surface area contributed by atoms with Crippen molar-refractivity contribution in [3.63, 3.8) is 0 Å². The third kappa shape index (κ3) is 8.89. The van der Waals surface area contributed by atoms with Gasteiger partial charge in [-0.3, -0.25) is 9.79 Å². The molecule has 0 saturated heterocycles. The summed E-state index contributed by atoms with van der Waals surface area (Å²) in [6, 6.07) is 7.07. The second kappa shape index (κ2) is 12.9. The largest absolute Gasteiger partial charge is 0.356 e. The molecule has 0 atom stereocenters. The molecular formula is C18H25ClIN5OS. The molecule has 148 valence electrons. The van der Waals surface area contributed by atoms with Crippen molar-refractivity contribution >= 4 is 64.5 Å². The second-order valence-electron chi connectivity index (χ2n) is 5.59. The van der Waals surface area contributed by atoms with Gasteiger partial charge in [0.1, 0.15) is 5.01 Å². The number of aromatic nitrogens is 1. The van der Waals surface area contributed by atoms with Crippen molar-refractivity contribution in [2.75, 3.05) is 18.9 Å². The van der Waals surface area contributed by atoms with Crippen LogP contribution >= 0.6 is 46.9 Å². The normalized spacial score (nSPS) is 10.9. The van der Waals surface area contributed by atoms with E-state index in [9.17, 15) is 4.79 Å². The Balaban J connectivity index is 0.00000364. The van der Waals surface area contributed by atoms with Crippen LogP contribution in [0.5, 0.6) is 0 Å². The molecule has 2 rings (SSSR count). The SMILES string of the molecule is CCc1cnc(CNC(=NC)NCCCC(=O)Nc2ccc(Cl)cc2)s1.I. The van der Waals surface area contributed by atoms with E-state index in [-0.39, 0.29) is 29.9 Å². The van der Waals surface area contributed by atoms with Gasteiger partial charge in [0.05, 0.1) is 6.54 Å². The first-order valence-corrected chi connectivity index (χ1v) is 9.73. The fourth-order valence-corrected chi connectivity index (χ4v) is 3.11. The Morgan fingerprint density at radius 3 is 2.63 bits per heavy atom. The first-order chi connectivity index (χ1) is 12.6. The van der Waals surface area contributed by atoms with Crippen LogP contribution in [-0.2, 0) is 17.8 Å². The van der Waals surface area contributed by atoms with Gasteiger partial charge in [0.15, 0.2) is 5.96 Å². The zero-order chi connectivity index (χ0) is 18.8. The first-order valence-electron chi connectivity index (χ1n) is 8.54. The summed E-state index contributed by atoms with van der Waals surface area (Å²) in [5.74, 6) is 0.684. The number of aryl methyl sites for hydroxylation is 1. The van der Waals surface area contributed by atoms with Crippen LogP contribution < -0.4 is 16.0 Å². The van der Waals surface area contributed by atoms with E-state index in [2.05, 4.69) is 32.9 Å². The molecule has 0 spiro atoms. The van der Waals surface area contributed by atoms with E-state index >= 15 is 0 Å². The highest BCUT2D eigenvalue weighted by Crippen LogP contribution is 2.14. The number of anilines is 1. The van der Waals surface area contributed by atoms with Crippen molar-refractivity contribution in [2.45, 2.75) is 32.7 Å². The molecule has 0 radical (unpaired) electrons. The van der Waals surface area contributed by atoms with E-state index in [1.165, 1.54) is 4.88 Å². The number of guanidine groups is 1. The Labute approximate surface area is 186 Å². The molecule has 3 N–H and O–H groups in total. The molecule has 0 aliphatic carbocycles. The molecule has 0 unspecified atom stereocenters. The minimum atomic E-state index is -0.0213. The summed E-state index contributed by atoms with van der Waals surface area (Å²) in [6.07, 6.45) is 4.05. The maximum atomic E-state index is 11.9. The number of halogens is 2. The Morgan fingerprint density at radius 2 is 2.00 bits per heavy atom. The van der Waals surface area contributed by atoms with Crippen molar-refractivity contribution in [3.8, 4) is 0 Å². The Kier molecular flexibility index (Phi) is 11.3. The Bertz CT molecular complexity index is 736. The van der Waals surface area contributed by atoms with Crippen molar-refractivity contribution in [1.82, 2.24) is 15.6 Å². The number of hydrogen-bond acceptors (Lipinski definition) is 4. The molecule has 1 heterocycles. The van der Waals surface area contributed by atoms with Crippen LogP contribution in [0.2, 0.25) is 5.02 Å².